The number of pyridine rings is 1. The summed E-state index contributed by atoms with van der Waals surface area (Å²) in [7, 11) is 0. The van der Waals surface area contributed by atoms with Gasteiger partial charge in [0.15, 0.2) is 5.58 Å². The van der Waals surface area contributed by atoms with Gasteiger partial charge in [0.05, 0.1) is 16.1 Å². The molecule has 0 saturated heterocycles. The number of nitrogens with one attached hydrogen (secondary N) is 1. The fraction of sp³-hybridized carbons (Fsp3) is 0. The van der Waals surface area contributed by atoms with Crippen molar-refractivity contribution in [3.05, 3.63) is 77.6 Å². The molecule has 4 aromatic rings. The quantitative estimate of drug-likeness (QED) is 0.577. The SMILES string of the molecule is O=C(Nc1ccc2nc(-c3ccccc3Cl)oc2c1)c1cccnc1. The van der Waals surface area contributed by atoms with Gasteiger partial charge in [-0.3, -0.25) is 9.78 Å². The number of fused-ring (bicyclic) bond motifs is 1. The zero-order valence-corrected chi connectivity index (χ0v) is 13.7. The van der Waals surface area contributed by atoms with Crippen molar-refractivity contribution < 1.29 is 9.21 Å². The van der Waals surface area contributed by atoms with Crippen LogP contribution >= 0.6 is 11.6 Å². The van der Waals surface area contributed by atoms with Crippen LogP contribution in [0.5, 0.6) is 0 Å². The molecule has 0 spiro atoms. The van der Waals surface area contributed by atoms with E-state index < -0.39 is 0 Å². The van der Waals surface area contributed by atoms with E-state index in [1.165, 1.54) is 6.20 Å². The molecular formula is C19H12ClN3O2. The van der Waals surface area contributed by atoms with Gasteiger partial charge in [-0.25, -0.2) is 4.98 Å². The molecule has 0 aliphatic carbocycles. The Hall–Kier alpha value is -3.18. The molecule has 0 radical (unpaired) electrons. The average molecular weight is 350 g/mol. The summed E-state index contributed by atoms with van der Waals surface area (Å²) in [6, 6.07) is 16.1. The lowest BCUT2D eigenvalue weighted by Crippen LogP contribution is -2.11. The number of halogens is 1. The first-order valence-electron chi connectivity index (χ1n) is 7.57. The van der Waals surface area contributed by atoms with Crippen molar-refractivity contribution in [2.75, 3.05) is 5.32 Å². The Kier molecular flexibility index (Phi) is 3.91. The molecule has 25 heavy (non-hydrogen) atoms. The van der Waals surface area contributed by atoms with Gasteiger partial charge in [-0.1, -0.05) is 23.7 Å². The van der Waals surface area contributed by atoms with Gasteiger partial charge in [-0.15, -0.1) is 0 Å². The predicted octanol–water partition coefficient (Wildman–Crippen LogP) is 4.80. The molecule has 0 atom stereocenters. The molecule has 0 aliphatic rings. The minimum atomic E-state index is -0.238. The number of hydrogen-bond acceptors (Lipinski definition) is 4. The second kappa shape index (κ2) is 6.37. The number of benzene rings is 2. The molecule has 0 fully saturated rings. The molecule has 0 bridgehead atoms. The molecule has 1 N–H and O–H groups in total. The average Bonchev–Trinajstić information content (AvgIpc) is 3.06. The third kappa shape index (κ3) is 3.09. The molecular weight excluding hydrogens is 338 g/mol. The number of carbonyl (C=O) groups is 1. The van der Waals surface area contributed by atoms with E-state index in [2.05, 4.69) is 15.3 Å². The predicted molar refractivity (Wildman–Crippen MR) is 96.6 cm³/mol. The van der Waals surface area contributed by atoms with E-state index in [-0.39, 0.29) is 5.91 Å². The monoisotopic (exact) mass is 349 g/mol. The van der Waals surface area contributed by atoms with Crippen LogP contribution in [-0.2, 0) is 0 Å². The zero-order chi connectivity index (χ0) is 17.2. The summed E-state index contributed by atoms with van der Waals surface area (Å²) in [5, 5.41) is 3.39. The van der Waals surface area contributed by atoms with Gasteiger partial charge < -0.3 is 9.73 Å². The molecule has 2 aromatic carbocycles. The van der Waals surface area contributed by atoms with Gasteiger partial charge >= 0.3 is 0 Å². The Balaban J connectivity index is 1.65. The Morgan fingerprint density at radius 1 is 1.08 bits per heavy atom. The van der Waals surface area contributed by atoms with Gasteiger partial charge in [-0.2, -0.15) is 0 Å². The minimum absolute atomic E-state index is 0.238. The lowest BCUT2D eigenvalue weighted by Gasteiger charge is -2.04. The number of oxazole rings is 1. The molecule has 122 valence electrons. The number of rotatable bonds is 3. The largest absolute Gasteiger partial charge is 0.436 e. The molecule has 0 saturated carbocycles. The first kappa shape index (κ1) is 15.4. The van der Waals surface area contributed by atoms with E-state index in [0.717, 1.165) is 5.56 Å². The van der Waals surface area contributed by atoms with E-state index in [9.17, 15) is 4.79 Å². The van der Waals surface area contributed by atoms with Crippen LogP contribution in [0, 0.1) is 0 Å². The summed E-state index contributed by atoms with van der Waals surface area (Å²) < 4.78 is 5.80. The summed E-state index contributed by atoms with van der Waals surface area (Å²) in [6.45, 7) is 0. The molecule has 0 aliphatic heterocycles. The van der Waals surface area contributed by atoms with E-state index in [4.69, 9.17) is 16.0 Å². The fourth-order valence-electron chi connectivity index (χ4n) is 2.45. The highest BCUT2D eigenvalue weighted by Gasteiger charge is 2.12. The van der Waals surface area contributed by atoms with E-state index in [1.54, 1.807) is 42.6 Å². The van der Waals surface area contributed by atoms with Crippen LogP contribution in [0.3, 0.4) is 0 Å². The molecule has 0 unspecified atom stereocenters. The summed E-state index contributed by atoms with van der Waals surface area (Å²) >= 11 is 6.19. The molecule has 5 nitrogen and oxygen atoms in total. The molecule has 2 heterocycles. The highest BCUT2D eigenvalue weighted by molar-refractivity contribution is 6.33. The highest BCUT2D eigenvalue weighted by atomic mass is 35.5. The first-order valence-corrected chi connectivity index (χ1v) is 7.95. The van der Waals surface area contributed by atoms with Gasteiger partial charge in [0, 0.05) is 24.1 Å². The van der Waals surface area contributed by atoms with E-state index in [1.807, 2.05) is 18.2 Å². The third-order valence-electron chi connectivity index (χ3n) is 3.67. The van der Waals surface area contributed by atoms with Crippen molar-refractivity contribution in [2.24, 2.45) is 0 Å². The summed E-state index contributed by atoms with van der Waals surface area (Å²) in [5.74, 6) is 0.203. The summed E-state index contributed by atoms with van der Waals surface area (Å²) in [4.78, 5) is 20.6. The van der Waals surface area contributed by atoms with Crippen LogP contribution < -0.4 is 5.32 Å². The maximum absolute atomic E-state index is 12.2. The van der Waals surface area contributed by atoms with Gasteiger partial charge in [0.2, 0.25) is 5.89 Å². The normalized spacial score (nSPS) is 10.8. The maximum atomic E-state index is 12.2. The molecule has 1 amide bonds. The second-order valence-corrected chi connectivity index (χ2v) is 5.78. The summed E-state index contributed by atoms with van der Waals surface area (Å²) in [5.41, 5.74) is 3.08. The first-order chi connectivity index (χ1) is 12.2. The summed E-state index contributed by atoms with van der Waals surface area (Å²) in [6.07, 6.45) is 3.13. The van der Waals surface area contributed by atoms with Crippen LogP contribution in [0.2, 0.25) is 5.02 Å². The standard InChI is InChI=1S/C19H12ClN3O2/c20-15-6-2-1-5-14(15)19-23-16-8-7-13(10-17(16)25-19)22-18(24)12-4-3-9-21-11-12/h1-11H,(H,22,24). The van der Waals surface area contributed by atoms with Crippen molar-refractivity contribution in [1.29, 1.82) is 0 Å². The number of carbonyl (C=O) groups excluding carboxylic acids is 1. The Bertz CT molecular complexity index is 1060. The van der Waals surface area contributed by atoms with Crippen molar-refractivity contribution in [3.8, 4) is 11.5 Å². The van der Waals surface area contributed by atoms with Crippen molar-refractivity contribution in [2.45, 2.75) is 0 Å². The van der Waals surface area contributed by atoms with Gasteiger partial charge in [0.1, 0.15) is 5.52 Å². The second-order valence-electron chi connectivity index (χ2n) is 5.38. The molecule has 2 aromatic heterocycles. The van der Waals surface area contributed by atoms with Gasteiger partial charge in [0.25, 0.3) is 5.91 Å². The van der Waals surface area contributed by atoms with Crippen LogP contribution in [-0.4, -0.2) is 15.9 Å². The van der Waals surface area contributed by atoms with Crippen molar-refractivity contribution in [1.82, 2.24) is 9.97 Å². The van der Waals surface area contributed by atoms with E-state index >= 15 is 0 Å². The van der Waals surface area contributed by atoms with Crippen LogP contribution in [0.15, 0.2) is 71.4 Å². The van der Waals surface area contributed by atoms with Crippen LogP contribution in [0.25, 0.3) is 22.6 Å². The Labute approximate surface area is 148 Å². The number of amides is 1. The maximum Gasteiger partial charge on any atom is 0.257 e. The third-order valence-corrected chi connectivity index (χ3v) is 4.00. The highest BCUT2D eigenvalue weighted by Crippen LogP contribution is 2.30. The lowest BCUT2D eigenvalue weighted by molar-refractivity contribution is 0.102. The zero-order valence-electron chi connectivity index (χ0n) is 12.9. The van der Waals surface area contributed by atoms with Crippen LogP contribution in [0.1, 0.15) is 10.4 Å². The number of hydrogen-bond donors (Lipinski definition) is 1. The number of nitrogens with zero attached hydrogens (tertiary/aromatic N) is 2. The topological polar surface area (TPSA) is 68.0 Å². The smallest absolute Gasteiger partial charge is 0.257 e. The minimum Gasteiger partial charge on any atom is -0.436 e. The van der Waals surface area contributed by atoms with Gasteiger partial charge in [-0.05, 0) is 36.4 Å². The fourth-order valence-corrected chi connectivity index (χ4v) is 2.67. The van der Waals surface area contributed by atoms with Crippen LogP contribution in [0.4, 0.5) is 5.69 Å². The lowest BCUT2D eigenvalue weighted by atomic mass is 10.2. The molecule has 4 rings (SSSR count). The van der Waals surface area contributed by atoms with E-state index in [0.29, 0.717) is 33.3 Å². The van der Waals surface area contributed by atoms with Crippen molar-refractivity contribution >= 4 is 34.3 Å². The molecule has 6 heteroatoms. The Morgan fingerprint density at radius 2 is 1.96 bits per heavy atom. The Morgan fingerprint density at radius 3 is 2.76 bits per heavy atom. The number of aromatic nitrogens is 2. The van der Waals surface area contributed by atoms with Crippen molar-refractivity contribution in [3.63, 3.8) is 0 Å². The number of anilines is 1.